The molecule has 0 spiro atoms. The van der Waals surface area contributed by atoms with Gasteiger partial charge in [0.25, 0.3) is 5.91 Å². The summed E-state index contributed by atoms with van der Waals surface area (Å²) in [4.78, 5) is 11.4. The highest BCUT2D eigenvalue weighted by Gasteiger charge is 2.17. The number of hydrogen-bond acceptors (Lipinski definition) is 3. The Kier molecular flexibility index (Phi) is 2.45. The Morgan fingerprint density at radius 3 is 2.58 bits per heavy atom. The summed E-state index contributed by atoms with van der Waals surface area (Å²) < 4.78 is 0. The van der Waals surface area contributed by atoms with E-state index in [2.05, 4.69) is 10.2 Å². The molecule has 2 aromatic carbocycles. The molecule has 5 N–H and O–H groups in total. The third kappa shape index (κ3) is 1.81. The number of nitrogens with zero attached hydrogens (tertiary/aromatic N) is 1. The number of aromatic amines is 1. The summed E-state index contributed by atoms with van der Waals surface area (Å²) in [5, 5.41) is 8.80. The number of anilines is 1. The predicted molar refractivity (Wildman–Crippen MR) is 74.5 cm³/mol. The normalized spacial score (nSPS) is 10.7. The lowest BCUT2D eigenvalue weighted by atomic mass is 10.0. The highest BCUT2D eigenvalue weighted by atomic mass is 16.1. The van der Waals surface area contributed by atoms with Crippen molar-refractivity contribution in [3.05, 3.63) is 48.0 Å². The molecule has 0 saturated heterocycles. The van der Waals surface area contributed by atoms with Crippen molar-refractivity contribution >= 4 is 22.5 Å². The van der Waals surface area contributed by atoms with Crippen LogP contribution in [0.4, 0.5) is 5.82 Å². The average molecular weight is 252 g/mol. The van der Waals surface area contributed by atoms with Crippen LogP contribution in [0.5, 0.6) is 0 Å². The molecule has 0 bridgehead atoms. The van der Waals surface area contributed by atoms with Gasteiger partial charge in [0.05, 0.1) is 5.69 Å². The second-order valence-corrected chi connectivity index (χ2v) is 4.29. The zero-order valence-electron chi connectivity index (χ0n) is 10.1. The average Bonchev–Trinajstić information content (AvgIpc) is 2.80. The Balaban J connectivity index is 2.22. The van der Waals surface area contributed by atoms with E-state index >= 15 is 0 Å². The van der Waals surface area contributed by atoms with Crippen molar-refractivity contribution in [1.82, 2.24) is 10.2 Å². The number of nitrogens with two attached hydrogens (primary N) is 2. The Bertz CT molecular complexity index is 776. The molecule has 5 heteroatoms. The molecular weight excluding hydrogens is 240 g/mol. The van der Waals surface area contributed by atoms with E-state index in [4.69, 9.17) is 11.5 Å². The molecular formula is C14H12N4O. The number of H-pyrrole nitrogens is 1. The molecule has 19 heavy (non-hydrogen) atoms. The van der Waals surface area contributed by atoms with Gasteiger partial charge >= 0.3 is 0 Å². The van der Waals surface area contributed by atoms with Crippen LogP contribution >= 0.6 is 0 Å². The van der Waals surface area contributed by atoms with Crippen LogP contribution in [0.25, 0.3) is 22.0 Å². The number of rotatable bonds is 2. The number of nitrogen functional groups attached to an aromatic ring is 1. The van der Waals surface area contributed by atoms with Gasteiger partial charge in [0.2, 0.25) is 0 Å². The number of benzene rings is 2. The van der Waals surface area contributed by atoms with Gasteiger partial charge in [0.15, 0.2) is 5.82 Å². The van der Waals surface area contributed by atoms with E-state index < -0.39 is 5.91 Å². The molecule has 5 nitrogen and oxygen atoms in total. The molecule has 94 valence electrons. The van der Waals surface area contributed by atoms with E-state index in [0.717, 1.165) is 16.3 Å². The molecule has 0 radical (unpaired) electrons. The first-order valence-corrected chi connectivity index (χ1v) is 5.79. The van der Waals surface area contributed by atoms with E-state index in [1.54, 1.807) is 0 Å². The fourth-order valence-corrected chi connectivity index (χ4v) is 2.16. The molecule has 0 aliphatic heterocycles. The minimum absolute atomic E-state index is 0.121. The Hall–Kier alpha value is -2.82. The first-order chi connectivity index (χ1) is 9.16. The van der Waals surface area contributed by atoms with Crippen molar-refractivity contribution in [2.24, 2.45) is 5.73 Å². The lowest BCUT2D eigenvalue weighted by molar-refractivity contribution is 0.100. The van der Waals surface area contributed by atoms with Crippen LogP contribution in [0, 0.1) is 0 Å². The number of amides is 1. The maximum atomic E-state index is 11.4. The highest BCUT2D eigenvalue weighted by Crippen LogP contribution is 2.27. The predicted octanol–water partition coefficient (Wildman–Crippen LogP) is 1.91. The van der Waals surface area contributed by atoms with Crippen molar-refractivity contribution in [3.8, 4) is 11.3 Å². The fourth-order valence-electron chi connectivity index (χ4n) is 2.16. The quantitative estimate of drug-likeness (QED) is 0.649. The summed E-state index contributed by atoms with van der Waals surface area (Å²) in [6.07, 6.45) is 0. The van der Waals surface area contributed by atoms with Gasteiger partial charge in [-0.2, -0.15) is 5.10 Å². The van der Waals surface area contributed by atoms with Crippen LogP contribution in [-0.2, 0) is 0 Å². The topological polar surface area (TPSA) is 97.8 Å². The smallest absolute Gasteiger partial charge is 0.254 e. The van der Waals surface area contributed by atoms with E-state index in [1.807, 2.05) is 42.5 Å². The molecule has 0 unspecified atom stereocenters. The van der Waals surface area contributed by atoms with Crippen LogP contribution in [0.1, 0.15) is 10.4 Å². The molecule has 0 fully saturated rings. The first-order valence-electron chi connectivity index (χ1n) is 5.79. The van der Waals surface area contributed by atoms with Crippen LogP contribution in [-0.4, -0.2) is 16.1 Å². The van der Waals surface area contributed by atoms with Crippen molar-refractivity contribution < 1.29 is 4.79 Å². The molecule has 1 aromatic heterocycles. The van der Waals surface area contributed by atoms with E-state index in [-0.39, 0.29) is 11.4 Å². The van der Waals surface area contributed by atoms with Gasteiger partial charge in [-0.25, -0.2) is 0 Å². The highest BCUT2D eigenvalue weighted by molar-refractivity contribution is 6.03. The van der Waals surface area contributed by atoms with E-state index in [1.165, 1.54) is 0 Å². The van der Waals surface area contributed by atoms with Crippen molar-refractivity contribution in [1.29, 1.82) is 0 Å². The molecule has 0 aliphatic carbocycles. The summed E-state index contributed by atoms with van der Waals surface area (Å²) >= 11 is 0. The number of carbonyl (C=O) groups excluding carboxylic acids is 1. The SMILES string of the molecule is NC(=O)c1c(N)n[nH]c1-c1ccc2ccccc2c1. The summed E-state index contributed by atoms with van der Waals surface area (Å²) in [5.74, 6) is -0.468. The lowest BCUT2D eigenvalue weighted by Crippen LogP contribution is -2.13. The van der Waals surface area contributed by atoms with Gasteiger partial charge in [-0.15, -0.1) is 0 Å². The number of aromatic nitrogens is 2. The molecule has 3 rings (SSSR count). The third-order valence-electron chi connectivity index (χ3n) is 3.08. The number of nitrogens with one attached hydrogen (secondary N) is 1. The third-order valence-corrected chi connectivity index (χ3v) is 3.08. The van der Waals surface area contributed by atoms with Crippen LogP contribution in [0.3, 0.4) is 0 Å². The zero-order valence-corrected chi connectivity index (χ0v) is 10.1. The fraction of sp³-hybridized carbons (Fsp3) is 0. The zero-order chi connectivity index (χ0) is 13.4. The Morgan fingerprint density at radius 1 is 1.11 bits per heavy atom. The van der Waals surface area contributed by atoms with Gasteiger partial charge < -0.3 is 11.5 Å². The minimum Gasteiger partial charge on any atom is -0.382 e. The number of hydrogen-bond donors (Lipinski definition) is 3. The van der Waals surface area contributed by atoms with Crippen molar-refractivity contribution in [3.63, 3.8) is 0 Å². The molecule has 0 saturated carbocycles. The second-order valence-electron chi connectivity index (χ2n) is 4.29. The van der Waals surface area contributed by atoms with Crippen LogP contribution in [0.15, 0.2) is 42.5 Å². The molecule has 0 aliphatic rings. The van der Waals surface area contributed by atoms with E-state index in [9.17, 15) is 4.79 Å². The maximum Gasteiger partial charge on any atom is 0.254 e. The monoisotopic (exact) mass is 252 g/mol. The second kappa shape index (κ2) is 4.13. The van der Waals surface area contributed by atoms with Crippen LogP contribution < -0.4 is 11.5 Å². The standard InChI is InChI=1S/C14H12N4O/c15-13-11(14(16)19)12(17-18-13)10-6-5-8-3-1-2-4-9(8)7-10/h1-7H,(H2,16,19)(H3,15,17,18). The molecule has 1 heterocycles. The Labute approximate surface area is 109 Å². The number of carbonyl (C=O) groups is 1. The largest absolute Gasteiger partial charge is 0.382 e. The Morgan fingerprint density at radius 2 is 1.84 bits per heavy atom. The van der Waals surface area contributed by atoms with Crippen molar-refractivity contribution in [2.45, 2.75) is 0 Å². The molecule has 3 aromatic rings. The maximum absolute atomic E-state index is 11.4. The summed E-state index contributed by atoms with van der Waals surface area (Å²) in [7, 11) is 0. The molecule has 1 amide bonds. The van der Waals surface area contributed by atoms with Gasteiger partial charge in [0.1, 0.15) is 5.56 Å². The minimum atomic E-state index is -0.589. The van der Waals surface area contributed by atoms with Gasteiger partial charge in [-0.3, -0.25) is 9.89 Å². The lowest BCUT2D eigenvalue weighted by Gasteiger charge is -2.03. The summed E-state index contributed by atoms with van der Waals surface area (Å²) in [5.41, 5.74) is 12.6. The first kappa shape index (κ1) is 11.3. The van der Waals surface area contributed by atoms with Gasteiger partial charge in [-0.05, 0) is 16.8 Å². The van der Waals surface area contributed by atoms with Gasteiger partial charge in [0, 0.05) is 5.56 Å². The summed E-state index contributed by atoms with van der Waals surface area (Å²) in [6, 6.07) is 13.8. The van der Waals surface area contributed by atoms with Crippen molar-refractivity contribution in [2.75, 3.05) is 5.73 Å². The number of primary amides is 1. The van der Waals surface area contributed by atoms with Crippen LogP contribution in [0.2, 0.25) is 0 Å². The van der Waals surface area contributed by atoms with Gasteiger partial charge in [-0.1, -0.05) is 36.4 Å². The summed E-state index contributed by atoms with van der Waals surface area (Å²) in [6.45, 7) is 0. The van der Waals surface area contributed by atoms with E-state index in [0.29, 0.717) is 5.69 Å². The molecule has 0 atom stereocenters. The number of fused-ring (bicyclic) bond motifs is 1.